The molecule has 154 valence electrons. The maximum Gasteiger partial charge on any atom is 0.338 e. The molecule has 0 amide bonds. The van der Waals surface area contributed by atoms with Gasteiger partial charge in [-0.15, -0.1) is 6.58 Å². The number of anilines is 1. The molecule has 0 radical (unpaired) electrons. The predicted octanol–water partition coefficient (Wildman–Crippen LogP) is 4.06. The van der Waals surface area contributed by atoms with E-state index in [4.69, 9.17) is 21.1 Å². The van der Waals surface area contributed by atoms with Crippen molar-refractivity contribution in [3.05, 3.63) is 71.8 Å². The molecule has 3 rings (SSSR count). The van der Waals surface area contributed by atoms with Crippen molar-refractivity contribution in [2.45, 2.75) is 23.8 Å². The summed E-state index contributed by atoms with van der Waals surface area (Å²) >= 11 is 5.91. The minimum atomic E-state index is -3.93. The van der Waals surface area contributed by atoms with Crippen molar-refractivity contribution in [1.29, 1.82) is 0 Å². The van der Waals surface area contributed by atoms with Crippen LogP contribution in [0.2, 0.25) is 5.02 Å². The molecule has 0 saturated carbocycles. The Morgan fingerprint density at radius 1 is 1.28 bits per heavy atom. The summed E-state index contributed by atoms with van der Waals surface area (Å²) in [6, 6.07) is 12.3. The number of rotatable bonds is 8. The molecule has 0 N–H and O–H groups in total. The molecule has 1 heterocycles. The van der Waals surface area contributed by atoms with E-state index in [0.29, 0.717) is 17.3 Å². The molecule has 0 aliphatic carbocycles. The van der Waals surface area contributed by atoms with E-state index in [9.17, 15) is 13.2 Å². The number of nitrogens with zero attached hydrogens (tertiary/aromatic N) is 1. The molecule has 1 saturated heterocycles. The average molecular weight is 436 g/mol. The number of esters is 1. The van der Waals surface area contributed by atoms with Crippen molar-refractivity contribution >= 4 is 33.3 Å². The molecular weight excluding hydrogens is 414 g/mol. The summed E-state index contributed by atoms with van der Waals surface area (Å²) in [5.74, 6) is -0.584. The number of hydrogen-bond donors (Lipinski definition) is 0. The molecule has 1 atom stereocenters. The Morgan fingerprint density at radius 3 is 2.69 bits per heavy atom. The summed E-state index contributed by atoms with van der Waals surface area (Å²) in [6.45, 7) is 4.53. The van der Waals surface area contributed by atoms with Crippen LogP contribution in [-0.4, -0.2) is 40.2 Å². The zero-order chi connectivity index (χ0) is 20.9. The van der Waals surface area contributed by atoms with E-state index < -0.39 is 16.0 Å². The van der Waals surface area contributed by atoms with Crippen molar-refractivity contribution < 1.29 is 22.7 Å². The smallest absolute Gasteiger partial charge is 0.338 e. The lowest BCUT2D eigenvalue weighted by molar-refractivity contribution is 0.0161. The number of sulfonamides is 1. The molecular formula is C21H22ClNO5S. The maximum absolute atomic E-state index is 13.2. The van der Waals surface area contributed by atoms with E-state index >= 15 is 0 Å². The van der Waals surface area contributed by atoms with Gasteiger partial charge in [0.25, 0.3) is 10.0 Å². The standard InChI is InChI=1S/C21H22ClNO5S/c1-2-12-23(18-10-8-17(22)9-11-18)29(25,26)20-7-3-5-16(14-20)21(24)28-15-19-6-4-13-27-19/h2-3,5,7-11,14,19H,1,4,6,12-13,15H2. The monoisotopic (exact) mass is 435 g/mol. The highest BCUT2D eigenvalue weighted by molar-refractivity contribution is 7.92. The zero-order valence-corrected chi connectivity index (χ0v) is 17.4. The fourth-order valence-electron chi connectivity index (χ4n) is 3.01. The lowest BCUT2D eigenvalue weighted by Gasteiger charge is -2.23. The first-order valence-corrected chi connectivity index (χ1v) is 11.0. The first-order chi connectivity index (χ1) is 13.9. The van der Waals surface area contributed by atoms with Crippen LogP contribution in [0, 0.1) is 0 Å². The quantitative estimate of drug-likeness (QED) is 0.462. The summed E-state index contributed by atoms with van der Waals surface area (Å²) in [5, 5.41) is 0.501. The van der Waals surface area contributed by atoms with Gasteiger partial charge in [0.15, 0.2) is 0 Å². The predicted molar refractivity (Wildman–Crippen MR) is 112 cm³/mol. The number of benzene rings is 2. The summed E-state index contributed by atoms with van der Waals surface area (Å²) in [5.41, 5.74) is 0.611. The van der Waals surface area contributed by atoms with Gasteiger partial charge in [0.1, 0.15) is 6.61 Å². The van der Waals surface area contributed by atoms with Crippen molar-refractivity contribution in [2.24, 2.45) is 0 Å². The van der Waals surface area contributed by atoms with Crippen molar-refractivity contribution in [3.8, 4) is 0 Å². The summed E-state index contributed by atoms with van der Waals surface area (Å²) in [7, 11) is -3.93. The molecule has 2 aromatic carbocycles. The Morgan fingerprint density at radius 2 is 2.03 bits per heavy atom. The normalized spacial score (nSPS) is 16.4. The second-order valence-corrected chi connectivity index (χ2v) is 8.86. The Bertz CT molecular complexity index is 969. The van der Waals surface area contributed by atoms with Crippen LogP contribution in [-0.2, 0) is 19.5 Å². The molecule has 29 heavy (non-hydrogen) atoms. The topological polar surface area (TPSA) is 72.9 Å². The Hall–Kier alpha value is -2.35. The second-order valence-electron chi connectivity index (χ2n) is 6.56. The number of hydrogen-bond acceptors (Lipinski definition) is 5. The molecule has 0 spiro atoms. The van der Waals surface area contributed by atoms with Gasteiger partial charge in [0, 0.05) is 11.6 Å². The third-order valence-corrected chi connectivity index (χ3v) is 6.53. The molecule has 0 bridgehead atoms. The average Bonchev–Trinajstić information content (AvgIpc) is 3.25. The van der Waals surface area contributed by atoms with E-state index in [2.05, 4.69) is 6.58 Å². The van der Waals surface area contributed by atoms with Gasteiger partial charge in [-0.1, -0.05) is 23.7 Å². The third-order valence-electron chi connectivity index (χ3n) is 4.49. The summed E-state index contributed by atoms with van der Waals surface area (Å²) < 4.78 is 38.4. The van der Waals surface area contributed by atoms with Gasteiger partial charge in [0.2, 0.25) is 0 Å². The number of ether oxygens (including phenoxy) is 2. The van der Waals surface area contributed by atoms with Crippen LogP contribution in [0.1, 0.15) is 23.2 Å². The molecule has 0 aromatic heterocycles. The lowest BCUT2D eigenvalue weighted by Crippen LogP contribution is -2.31. The lowest BCUT2D eigenvalue weighted by atomic mass is 10.2. The van der Waals surface area contributed by atoms with Gasteiger partial charge in [-0.2, -0.15) is 0 Å². The SMILES string of the molecule is C=CCN(c1ccc(Cl)cc1)S(=O)(=O)c1cccc(C(=O)OCC2CCCO2)c1. The molecule has 1 unspecified atom stereocenters. The summed E-state index contributed by atoms with van der Waals surface area (Å²) in [6.07, 6.45) is 3.18. The molecule has 1 fully saturated rings. The Balaban J connectivity index is 1.83. The minimum absolute atomic E-state index is 0.0131. The van der Waals surface area contributed by atoms with E-state index in [-0.39, 0.29) is 29.7 Å². The van der Waals surface area contributed by atoms with Gasteiger partial charge >= 0.3 is 5.97 Å². The zero-order valence-electron chi connectivity index (χ0n) is 15.8. The second kappa shape index (κ2) is 9.43. The van der Waals surface area contributed by atoms with Crippen LogP contribution >= 0.6 is 11.6 Å². The van der Waals surface area contributed by atoms with Gasteiger partial charge < -0.3 is 9.47 Å². The van der Waals surface area contributed by atoms with E-state index in [1.807, 2.05) is 0 Å². The molecule has 1 aliphatic heterocycles. The highest BCUT2D eigenvalue weighted by Crippen LogP contribution is 2.26. The van der Waals surface area contributed by atoms with Gasteiger partial charge in [-0.25, -0.2) is 13.2 Å². The third kappa shape index (κ3) is 5.18. The number of carbonyl (C=O) groups excluding carboxylic acids is 1. The highest BCUT2D eigenvalue weighted by Gasteiger charge is 2.25. The van der Waals surface area contributed by atoms with Gasteiger partial charge in [-0.3, -0.25) is 4.31 Å². The highest BCUT2D eigenvalue weighted by atomic mass is 35.5. The van der Waals surface area contributed by atoms with Crippen LogP contribution in [0.4, 0.5) is 5.69 Å². The van der Waals surface area contributed by atoms with Crippen LogP contribution < -0.4 is 4.31 Å². The van der Waals surface area contributed by atoms with Crippen molar-refractivity contribution in [2.75, 3.05) is 24.1 Å². The van der Waals surface area contributed by atoms with Gasteiger partial charge in [-0.05, 0) is 55.3 Å². The fourth-order valence-corrected chi connectivity index (χ4v) is 4.61. The van der Waals surface area contributed by atoms with Crippen LogP contribution in [0.3, 0.4) is 0 Å². The maximum atomic E-state index is 13.2. The van der Waals surface area contributed by atoms with Crippen LogP contribution in [0.5, 0.6) is 0 Å². The molecule has 6 nitrogen and oxygen atoms in total. The van der Waals surface area contributed by atoms with E-state index in [1.165, 1.54) is 34.6 Å². The Labute approximate surface area is 175 Å². The van der Waals surface area contributed by atoms with E-state index in [1.54, 1.807) is 24.3 Å². The molecule has 8 heteroatoms. The van der Waals surface area contributed by atoms with Gasteiger partial charge in [0.05, 0.1) is 28.8 Å². The number of halogens is 1. The van der Waals surface area contributed by atoms with Crippen molar-refractivity contribution in [3.63, 3.8) is 0 Å². The first-order valence-electron chi connectivity index (χ1n) is 9.20. The van der Waals surface area contributed by atoms with Crippen LogP contribution in [0.25, 0.3) is 0 Å². The number of carbonyl (C=O) groups is 1. The molecule has 2 aromatic rings. The van der Waals surface area contributed by atoms with Crippen LogP contribution in [0.15, 0.2) is 66.1 Å². The summed E-state index contributed by atoms with van der Waals surface area (Å²) in [4.78, 5) is 12.4. The van der Waals surface area contributed by atoms with E-state index in [0.717, 1.165) is 12.8 Å². The first kappa shape index (κ1) is 21.4. The van der Waals surface area contributed by atoms with Crippen molar-refractivity contribution in [1.82, 2.24) is 0 Å². The minimum Gasteiger partial charge on any atom is -0.459 e. The molecule has 1 aliphatic rings. The largest absolute Gasteiger partial charge is 0.459 e. The fraction of sp³-hybridized carbons (Fsp3) is 0.286. The Kier molecular flexibility index (Phi) is 6.95.